The first-order valence-electron chi connectivity index (χ1n) is 6.62. The van der Waals surface area contributed by atoms with Gasteiger partial charge >= 0.3 is 0 Å². The van der Waals surface area contributed by atoms with Crippen LogP contribution >= 0.6 is 11.8 Å². The Morgan fingerprint density at radius 2 is 2.28 bits per heavy atom. The van der Waals surface area contributed by atoms with Gasteiger partial charge in [-0.2, -0.15) is 17.0 Å². The summed E-state index contributed by atoms with van der Waals surface area (Å²) in [5.41, 5.74) is -0.821. The number of amides is 1. The molecule has 0 aromatic carbocycles. The minimum atomic E-state index is -0.821. The minimum Gasteiger partial charge on any atom is -0.381 e. The van der Waals surface area contributed by atoms with Gasteiger partial charge in [0.2, 0.25) is 5.91 Å². The normalized spacial score (nSPS) is 27.6. The van der Waals surface area contributed by atoms with Gasteiger partial charge < -0.3 is 9.64 Å². The van der Waals surface area contributed by atoms with Gasteiger partial charge in [-0.15, -0.1) is 0 Å². The second-order valence-corrected chi connectivity index (χ2v) is 6.37. The molecule has 2 aliphatic rings. The summed E-state index contributed by atoms with van der Waals surface area (Å²) in [7, 11) is 0. The summed E-state index contributed by atoms with van der Waals surface area (Å²) in [6.45, 7) is 4.78. The molecule has 0 saturated carbocycles. The van der Waals surface area contributed by atoms with Crippen molar-refractivity contribution in [2.45, 2.75) is 31.4 Å². The maximum absolute atomic E-state index is 12.6. The third-order valence-electron chi connectivity index (χ3n) is 3.85. The Hall–Kier alpha value is -0.730. The van der Waals surface area contributed by atoms with E-state index in [0.29, 0.717) is 31.3 Å². The molecule has 2 fully saturated rings. The van der Waals surface area contributed by atoms with E-state index in [9.17, 15) is 10.1 Å². The van der Waals surface area contributed by atoms with Gasteiger partial charge in [0.15, 0.2) is 0 Å². The van der Waals surface area contributed by atoms with E-state index in [1.807, 2.05) is 16.7 Å². The number of thioether (sulfide) groups is 1. The van der Waals surface area contributed by atoms with Crippen LogP contribution in [0.1, 0.15) is 26.2 Å². The van der Waals surface area contributed by atoms with Gasteiger partial charge in [0.1, 0.15) is 5.41 Å². The lowest BCUT2D eigenvalue weighted by atomic mass is 9.80. The lowest BCUT2D eigenvalue weighted by molar-refractivity contribution is -0.143. The van der Waals surface area contributed by atoms with Crippen molar-refractivity contribution in [2.75, 3.05) is 32.1 Å². The van der Waals surface area contributed by atoms with Crippen LogP contribution in [0.4, 0.5) is 0 Å². The smallest absolute Gasteiger partial charge is 0.243 e. The zero-order valence-corrected chi connectivity index (χ0v) is 11.7. The fourth-order valence-corrected chi connectivity index (χ4v) is 3.73. The summed E-state index contributed by atoms with van der Waals surface area (Å²) < 4.78 is 5.28. The second kappa shape index (κ2) is 5.94. The van der Waals surface area contributed by atoms with Crippen LogP contribution in [-0.4, -0.2) is 48.1 Å². The van der Waals surface area contributed by atoms with Crippen LogP contribution in [0.25, 0.3) is 0 Å². The highest BCUT2D eigenvalue weighted by Gasteiger charge is 2.43. The average Bonchev–Trinajstić information content (AvgIpc) is 2.47. The topological polar surface area (TPSA) is 53.3 Å². The Bertz CT molecular complexity index is 347. The molecule has 0 spiro atoms. The molecule has 2 heterocycles. The third-order valence-corrected chi connectivity index (χ3v) is 5.22. The molecule has 0 bridgehead atoms. The first kappa shape index (κ1) is 13.7. The number of carbonyl (C=O) groups excluding carboxylic acids is 1. The maximum atomic E-state index is 12.6. The molecule has 2 saturated heterocycles. The van der Waals surface area contributed by atoms with Crippen LogP contribution in [0.5, 0.6) is 0 Å². The Morgan fingerprint density at radius 3 is 2.89 bits per heavy atom. The van der Waals surface area contributed by atoms with Crippen LogP contribution in [0.2, 0.25) is 0 Å². The molecule has 1 atom stereocenters. The highest BCUT2D eigenvalue weighted by molar-refractivity contribution is 8.00. The molecule has 0 aromatic rings. The largest absolute Gasteiger partial charge is 0.381 e. The standard InChI is InChI=1S/C13H20N2O2S/c1-2-11-9-15(5-8-18-11)12(16)13(10-14)3-6-17-7-4-13/h11H,2-9H2,1H3. The molecule has 18 heavy (non-hydrogen) atoms. The van der Waals surface area contributed by atoms with Crippen molar-refractivity contribution in [3.63, 3.8) is 0 Å². The summed E-state index contributed by atoms with van der Waals surface area (Å²) in [5, 5.41) is 9.93. The number of nitriles is 1. The molecule has 0 aromatic heterocycles. The molecule has 2 aliphatic heterocycles. The molecule has 4 nitrogen and oxygen atoms in total. The fourth-order valence-electron chi connectivity index (χ4n) is 2.55. The van der Waals surface area contributed by atoms with Gasteiger partial charge in [0.05, 0.1) is 6.07 Å². The van der Waals surface area contributed by atoms with Gasteiger partial charge in [-0.1, -0.05) is 6.92 Å². The van der Waals surface area contributed by atoms with Gasteiger partial charge in [0, 0.05) is 37.3 Å². The summed E-state index contributed by atoms with van der Waals surface area (Å²) >= 11 is 1.94. The summed E-state index contributed by atoms with van der Waals surface area (Å²) in [5.74, 6) is 1.02. The van der Waals surface area contributed by atoms with Gasteiger partial charge in [-0.05, 0) is 19.3 Å². The zero-order valence-electron chi connectivity index (χ0n) is 10.9. The number of ether oxygens (including phenoxy) is 1. The van der Waals surface area contributed by atoms with Crippen molar-refractivity contribution >= 4 is 17.7 Å². The van der Waals surface area contributed by atoms with Crippen molar-refractivity contribution in [1.82, 2.24) is 4.90 Å². The Morgan fingerprint density at radius 1 is 1.56 bits per heavy atom. The van der Waals surface area contributed by atoms with Crippen LogP contribution in [0, 0.1) is 16.7 Å². The van der Waals surface area contributed by atoms with E-state index in [1.54, 1.807) is 0 Å². The average molecular weight is 268 g/mol. The van der Waals surface area contributed by atoms with Crippen molar-refractivity contribution in [1.29, 1.82) is 5.26 Å². The maximum Gasteiger partial charge on any atom is 0.243 e. The van der Waals surface area contributed by atoms with E-state index < -0.39 is 5.41 Å². The van der Waals surface area contributed by atoms with Gasteiger partial charge in [-0.25, -0.2) is 0 Å². The van der Waals surface area contributed by atoms with E-state index in [2.05, 4.69) is 13.0 Å². The Kier molecular flexibility index (Phi) is 4.52. The lowest BCUT2D eigenvalue weighted by Gasteiger charge is -2.38. The first-order valence-corrected chi connectivity index (χ1v) is 7.66. The molecule has 0 aliphatic carbocycles. The molecule has 1 unspecified atom stereocenters. The summed E-state index contributed by atoms with van der Waals surface area (Å²) in [6, 6.07) is 2.27. The molecule has 0 N–H and O–H groups in total. The number of hydrogen-bond acceptors (Lipinski definition) is 4. The van der Waals surface area contributed by atoms with Crippen molar-refractivity contribution in [3.05, 3.63) is 0 Å². The first-order chi connectivity index (χ1) is 8.72. The molecule has 1 amide bonds. The van der Waals surface area contributed by atoms with Crippen LogP contribution in [0.3, 0.4) is 0 Å². The van der Waals surface area contributed by atoms with Crippen molar-refractivity contribution in [2.24, 2.45) is 5.41 Å². The monoisotopic (exact) mass is 268 g/mol. The SMILES string of the molecule is CCC1CN(C(=O)C2(C#N)CCOCC2)CCS1. The van der Waals surface area contributed by atoms with Crippen LogP contribution in [-0.2, 0) is 9.53 Å². The Balaban J connectivity index is 2.07. The third kappa shape index (κ3) is 2.65. The van der Waals surface area contributed by atoms with Crippen LogP contribution in [0.15, 0.2) is 0 Å². The molecule has 0 radical (unpaired) electrons. The number of nitrogens with zero attached hydrogens (tertiary/aromatic N) is 2. The van der Waals surface area contributed by atoms with E-state index >= 15 is 0 Å². The predicted molar refractivity (Wildman–Crippen MR) is 71.2 cm³/mol. The molecule has 2 rings (SSSR count). The van der Waals surface area contributed by atoms with Gasteiger partial charge in [-0.3, -0.25) is 4.79 Å². The summed E-state index contributed by atoms with van der Waals surface area (Å²) in [4.78, 5) is 14.5. The molecular weight excluding hydrogens is 248 g/mol. The van der Waals surface area contributed by atoms with E-state index in [1.165, 1.54) is 0 Å². The van der Waals surface area contributed by atoms with Crippen LogP contribution < -0.4 is 0 Å². The molecule has 100 valence electrons. The minimum absolute atomic E-state index is 0.0343. The molecular formula is C13H20N2O2S. The quantitative estimate of drug-likeness (QED) is 0.764. The summed E-state index contributed by atoms with van der Waals surface area (Å²) in [6.07, 6.45) is 2.17. The Labute approximate surface area is 113 Å². The predicted octanol–water partition coefficient (Wildman–Crippen LogP) is 1.66. The van der Waals surface area contributed by atoms with Crippen molar-refractivity contribution < 1.29 is 9.53 Å². The lowest BCUT2D eigenvalue weighted by Crippen LogP contribution is -2.50. The van der Waals surface area contributed by atoms with E-state index in [0.717, 1.165) is 25.3 Å². The highest BCUT2D eigenvalue weighted by atomic mass is 32.2. The molecule has 5 heteroatoms. The van der Waals surface area contributed by atoms with Crippen molar-refractivity contribution in [3.8, 4) is 6.07 Å². The zero-order chi connectivity index (χ0) is 13.0. The second-order valence-electron chi connectivity index (χ2n) is 4.96. The fraction of sp³-hybridized carbons (Fsp3) is 0.846. The number of carbonyl (C=O) groups is 1. The van der Waals surface area contributed by atoms with E-state index in [4.69, 9.17) is 4.74 Å². The van der Waals surface area contributed by atoms with E-state index in [-0.39, 0.29) is 5.91 Å². The van der Waals surface area contributed by atoms with Gasteiger partial charge in [0.25, 0.3) is 0 Å². The number of hydrogen-bond donors (Lipinski definition) is 0. The highest BCUT2D eigenvalue weighted by Crippen LogP contribution is 2.33. The number of rotatable bonds is 2.